The van der Waals surface area contributed by atoms with Crippen LogP contribution >= 0.6 is 11.8 Å². The number of amides is 1. The number of furan rings is 1. The molecule has 0 radical (unpaired) electrons. The van der Waals surface area contributed by atoms with Gasteiger partial charge in [0.15, 0.2) is 27.7 Å². The number of nitrogen functional groups attached to an aromatic ring is 1. The van der Waals surface area contributed by atoms with Crippen LogP contribution in [0.1, 0.15) is 6.42 Å². The monoisotopic (exact) mass is 481 g/mol. The van der Waals surface area contributed by atoms with Gasteiger partial charge in [-0.15, -0.1) is 5.10 Å². The van der Waals surface area contributed by atoms with Crippen molar-refractivity contribution in [3.8, 4) is 11.3 Å². The summed E-state index contributed by atoms with van der Waals surface area (Å²) in [4.78, 5) is 25.1. The van der Waals surface area contributed by atoms with Crippen molar-refractivity contribution in [2.24, 2.45) is 0 Å². The molecule has 5 aromatic rings. The van der Waals surface area contributed by atoms with Gasteiger partial charge in [-0.3, -0.25) is 10.0 Å². The standard InChI is InChI=1S/C20H19N9O4S/c21-18-17-19(24-10-23-18)29(6-5-22-4-3-16(30)27-31)20(25-17)34-15-9-14-12(26-28-33-14)8-11(15)13-2-1-7-32-13/h1-2,7-10,22,31H,3-6H2,(H,27,30)(H2,21,23,24). The fraction of sp³-hybridized carbons (Fsp3) is 0.200. The summed E-state index contributed by atoms with van der Waals surface area (Å²) >= 11 is 1.39. The molecule has 0 saturated heterocycles. The van der Waals surface area contributed by atoms with Gasteiger partial charge in [0, 0.05) is 47.9 Å². The number of nitrogens with two attached hydrogens (primary N) is 1. The second-order valence-electron chi connectivity index (χ2n) is 7.18. The molecule has 0 saturated carbocycles. The lowest BCUT2D eigenvalue weighted by atomic mass is 10.1. The van der Waals surface area contributed by atoms with E-state index in [1.807, 2.05) is 28.8 Å². The zero-order valence-corrected chi connectivity index (χ0v) is 18.4. The number of hydroxylamine groups is 1. The molecule has 4 aromatic heterocycles. The molecule has 1 aromatic carbocycles. The summed E-state index contributed by atoms with van der Waals surface area (Å²) < 4.78 is 12.8. The van der Waals surface area contributed by atoms with Crippen LogP contribution in [0.5, 0.6) is 0 Å². The third kappa shape index (κ3) is 4.28. The van der Waals surface area contributed by atoms with Crippen molar-refractivity contribution in [3.63, 3.8) is 0 Å². The van der Waals surface area contributed by atoms with Crippen LogP contribution in [0, 0.1) is 0 Å². The van der Waals surface area contributed by atoms with E-state index < -0.39 is 5.91 Å². The molecule has 0 bridgehead atoms. The van der Waals surface area contributed by atoms with Crippen molar-refractivity contribution in [2.45, 2.75) is 23.0 Å². The van der Waals surface area contributed by atoms with Gasteiger partial charge in [-0.25, -0.2) is 20.4 Å². The van der Waals surface area contributed by atoms with Gasteiger partial charge in [0.2, 0.25) is 5.91 Å². The summed E-state index contributed by atoms with van der Waals surface area (Å²) in [6.45, 7) is 1.42. The number of carbonyl (C=O) groups excluding carboxylic acids is 1. The largest absolute Gasteiger partial charge is 0.464 e. The number of anilines is 1. The minimum absolute atomic E-state index is 0.148. The second-order valence-corrected chi connectivity index (χ2v) is 8.19. The first-order valence-electron chi connectivity index (χ1n) is 10.2. The van der Waals surface area contributed by atoms with E-state index >= 15 is 0 Å². The molecule has 0 spiro atoms. The zero-order valence-electron chi connectivity index (χ0n) is 17.6. The molecule has 13 nitrogen and oxygen atoms in total. The minimum atomic E-state index is -0.458. The molecule has 0 atom stereocenters. The maximum Gasteiger partial charge on any atom is 0.244 e. The van der Waals surface area contributed by atoms with Gasteiger partial charge in [0.05, 0.1) is 6.26 Å². The number of benzene rings is 1. The Morgan fingerprint density at radius 2 is 2.18 bits per heavy atom. The highest BCUT2D eigenvalue weighted by molar-refractivity contribution is 7.99. The average molecular weight is 481 g/mol. The first kappa shape index (κ1) is 21.8. The number of nitrogens with one attached hydrogen (secondary N) is 2. The minimum Gasteiger partial charge on any atom is -0.464 e. The molecular weight excluding hydrogens is 462 g/mol. The lowest BCUT2D eigenvalue weighted by molar-refractivity contribution is -0.129. The Balaban J connectivity index is 1.48. The van der Waals surface area contributed by atoms with E-state index in [4.69, 9.17) is 24.9 Å². The van der Waals surface area contributed by atoms with Crippen LogP contribution in [0.15, 0.2) is 55.8 Å². The Bertz CT molecular complexity index is 1450. The molecule has 0 aliphatic heterocycles. The van der Waals surface area contributed by atoms with Crippen LogP contribution in [0.3, 0.4) is 0 Å². The van der Waals surface area contributed by atoms with Crippen LogP contribution in [0.25, 0.3) is 33.6 Å². The van der Waals surface area contributed by atoms with Crippen molar-refractivity contribution >= 4 is 45.8 Å². The Morgan fingerprint density at radius 3 is 3.00 bits per heavy atom. The number of hydrogen-bond acceptors (Lipinski definition) is 12. The van der Waals surface area contributed by atoms with Gasteiger partial charge in [-0.05, 0) is 18.2 Å². The van der Waals surface area contributed by atoms with Crippen LogP contribution < -0.4 is 16.5 Å². The molecule has 14 heteroatoms. The highest BCUT2D eigenvalue weighted by Crippen LogP contribution is 2.39. The molecule has 4 heterocycles. The first-order valence-corrected chi connectivity index (χ1v) is 11.0. The predicted octanol–water partition coefficient (Wildman–Crippen LogP) is 1.84. The smallest absolute Gasteiger partial charge is 0.244 e. The Labute approximate surface area is 195 Å². The van der Waals surface area contributed by atoms with Crippen LogP contribution in [-0.4, -0.2) is 54.1 Å². The fourth-order valence-corrected chi connectivity index (χ4v) is 4.46. The molecule has 174 valence electrons. The van der Waals surface area contributed by atoms with Gasteiger partial charge in [0.1, 0.15) is 17.6 Å². The van der Waals surface area contributed by atoms with Gasteiger partial charge >= 0.3 is 0 Å². The number of fused-ring (bicyclic) bond motifs is 2. The molecular formula is C20H19N9O4S. The third-order valence-corrected chi connectivity index (χ3v) is 6.08. The molecule has 0 aliphatic carbocycles. The van der Waals surface area contributed by atoms with E-state index in [9.17, 15) is 4.79 Å². The lowest BCUT2D eigenvalue weighted by Gasteiger charge is -2.11. The first-order chi connectivity index (χ1) is 16.6. The normalized spacial score (nSPS) is 11.4. The average Bonchev–Trinajstić information content (AvgIpc) is 3.59. The maximum absolute atomic E-state index is 11.2. The summed E-state index contributed by atoms with van der Waals surface area (Å²) in [7, 11) is 0. The van der Waals surface area contributed by atoms with Crippen molar-refractivity contribution in [1.82, 2.24) is 40.7 Å². The molecule has 5 rings (SSSR count). The maximum atomic E-state index is 11.2. The van der Waals surface area contributed by atoms with E-state index in [0.29, 0.717) is 52.8 Å². The predicted molar refractivity (Wildman–Crippen MR) is 121 cm³/mol. The number of rotatable bonds is 9. The molecule has 34 heavy (non-hydrogen) atoms. The molecule has 0 unspecified atom stereocenters. The summed E-state index contributed by atoms with van der Waals surface area (Å²) in [6, 6.07) is 7.35. The topological polar surface area (TPSA) is 183 Å². The molecule has 0 fully saturated rings. The number of nitrogens with zero attached hydrogens (tertiary/aromatic N) is 6. The van der Waals surface area contributed by atoms with Crippen molar-refractivity contribution in [2.75, 3.05) is 18.8 Å². The number of aromatic nitrogens is 6. The van der Waals surface area contributed by atoms with Crippen LogP contribution in [0.4, 0.5) is 5.82 Å². The summed E-state index contributed by atoms with van der Waals surface area (Å²) in [6.07, 6.45) is 3.14. The Kier molecular flexibility index (Phi) is 6.07. The highest BCUT2D eigenvalue weighted by atomic mass is 32.2. The summed E-state index contributed by atoms with van der Waals surface area (Å²) in [5.74, 6) is 0.484. The molecule has 5 N–H and O–H groups in total. The quantitative estimate of drug-likeness (QED) is 0.136. The number of carbonyl (C=O) groups is 1. The van der Waals surface area contributed by atoms with Gasteiger partial charge in [-0.1, -0.05) is 11.8 Å². The molecule has 1 amide bonds. The Hall–Kier alpha value is -4.01. The second kappa shape index (κ2) is 9.46. The van der Waals surface area contributed by atoms with E-state index in [1.54, 1.807) is 11.7 Å². The van der Waals surface area contributed by atoms with E-state index in [2.05, 4.69) is 25.7 Å². The van der Waals surface area contributed by atoms with Gasteiger partial charge in [0.25, 0.3) is 0 Å². The van der Waals surface area contributed by atoms with Crippen LogP contribution in [0.2, 0.25) is 0 Å². The number of hydrogen-bond donors (Lipinski definition) is 4. The highest BCUT2D eigenvalue weighted by Gasteiger charge is 2.20. The summed E-state index contributed by atoms with van der Waals surface area (Å²) in [5.41, 5.74) is 10.7. The lowest BCUT2D eigenvalue weighted by Crippen LogP contribution is -2.27. The van der Waals surface area contributed by atoms with Crippen LogP contribution in [-0.2, 0) is 11.3 Å². The van der Waals surface area contributed by atoms with Crippen molar-refractivity contribution < 1.29 is 18.9 Å². The third-order valence-electron chi connectivity index (χ3n) is 5.03. The van der Waals surface area contributed by atoms with Crippen molar-refractivity contribution in [1.29, 1.82) is 0 Å². The zero-order chi connectivity index (χ0) is 23.5. The Morgan fingerprint density at radius 1 is 1.26 bits per heavy atom. The SMILES string of the molecule is Nc1ncnc2c1nc(Sc1cc3onnc3cc1-c1ccco1)n2CCNCCC(=O)NO. The van der Waals surface area contributed by atoms with Gasteiger partial charge < -0.3 is 24.6 Å². The number of imidazole rings is 1. The molecule has 0 aliphatic rings. The summed E-state index contributed by atoms with van der Waals surface area (Å²) in [5, 5.41) is 20.1. The van der Waals surface area contributed by atoms with E-state index in [0.717, 1.165) is 10.5 Å². The van der Waals surface area contributed by atoms with E-state index in [-0.39, 0.29) is 12.2 Å². The fourth-order valence-electron chi connectivity index (χ4n) is 3.40. The van der Waals surface area contributed by atoms with E-state index in [1.165, 1.54) is 18.1 Å². The van der Waals surface area contributed by atoms with Crippen molar-refractivity contribution in [3.05, 3.63) is 36.9 Å². The van der Waals surface area contributed by atoms with Gasteiger partial charge in [-0.2, -0.15) is 0 Å².